The molecule has 0 radical (unpaired) electrons. The molecular weight excluding hydrogens is 316 g/mol. The second-order valence-corrected chi connectivity index (χ2v) is 5.34. The Balaban J connectivity index is 1.66. The van der Waals surface area contributed by atoms with Gasteiger partial charge < -0.3 is 4.74 Å². The lowest BCUT2D eigenvalue weighted by Gasteiger charge is -2.06. The summed E-state index contributed by atoms with van der Waals surface area (Å²) >= 11 is 5.81. The van der Waals surface area contributed by atoms with Crippen molar-refractivity contribution in [2.75, 3.05) is 0 Å². The van der Waals surface area contributed by atoms with Gasteiger partial charge in [-0.2, -0.15) is 0 Å². The van der Waals surface area contributed by atoms with Crippen LogP contribution in [-0.4, -0.2) is 26.2 Å². The molecule has 6 nitrogen and oxygen atoms in total. The number of hydrogen-bond acceptors (Lipinski definition) is 5. The first-order chi connectivity index (χ1) is 11.1. The van der Waals surface area contributed by atoms with Crippen molar-refractivity contribution in [1.29, 1.82) is 0 Å². The Hall–Kier alpha value is -2.73. The van der Waals surface area contributed by atoms with Crippen LogP contribution in [0.2, 0.25) is 5.02 Å². The molecule has 0 N–H and O–H groups in total. The molecule has 0 bridgehead atoms. The highest BCUT2D eigenvalue weighted by molar-refractivity contribution is 6.30. The van der Waals surface area contributed by atoms with E-state index in [4.69, 9.17) is 16.3 Å². The molecule has 0 aliphatic heterocycles. The second-order valence-electron chi connectivity index (χ2n) is 4.91. The lowest BCUT2D eigenvalue weighted by atomic mass is 10.1. The molecule has 0 aliphatic rings. The van der Waals surface area contributed by atoms with Crippen molar-refractivity contribution in [3.8, 4) is 11.4 Å². The number of aryl methyl sites for hydroxylation is 1. The minimum absolute atomic E-state index is 0.199. The summed E-state index contributed by atoms with van der Waals surface area (Å²) in [6, 6.07) is 14.1. The Morgan fingerprint density at radius 2 is 1.83 bits per heavy atom. The van der Waals surface area contributed by atoms with Crippen LogP contribution in [0.5, 0.6) is 0 Å². The number of aromatic nitrogens is 4. The molecular formula is C16H13ClN4O2. The number of hydrogen-bond donors (Lipinski definition) is 0. The Morgan fingerprint density at radius 3 is 2.43 bits per heavy atom. The third kappa shape index (κ3) is 3.54. The molecule has 0 spiro atoms. The third-order valence-electron chi connectivity index (χ3n) is 3.28. The summed E-state index contributed by atoms with van der Waals surface area (Å²) < 4.78 is 6.84. The molecule has 3 aromatic rings. The Morgan fingerprint density at radius 1 is 1.13 bits per heavy atom. The summed E-state index contributed by atoms with van der Waals surface area (Å²) in [6.45, 7) is 0.199. The summed E-state index contributed by atoms with van der Waals surface area (Å²) in [5, 5.41) is 11.9. The number of ether oxygens (including phenoxy) is 1. The largest absolute Gasteiger partial charge is 0.457 e. The van der Waals surface area contributed by atoms with Gasteiger partial charge >= 0.3 is 5.97 Å². The van der Waals surface area contributed by atoms with Gasteiger partial charge in [0.15, 0.2) is 5.82 Å². The van der Waals surface area contributed by atoms with E-state index in [9.17, 15) is 4.79 Å². The number of benzene rings is 2. The van der Waals surface area contributed by atoms with Gasteiger partial charge in [-0.25, -0.2) is 9.48 Å². The fourth-order valence-corrected chi connectivity index (χ4v) is 2.17. The van der Waals surface area contributed by atoms with Gasteiger partial charge in [0.1, 0.15) is 6.61 Å². The van der Waals surface area contributed by atoms with Crippen LogP contribution in [0.25, 0.3) is 11.4 Å². The Kier molecular flexibility index (Phi) is 4.34. The van der Waals surface area contributed by atoms with Crippen molar-refractivity contribution >= 4 is 17.6 Å². The molecule has 0 saturated carbocycles. The van der Waals surface area contributed by atoms with E-state index in [2.05, 4.69) is 15.5 Å². The van der Waals surface area contributed by atoms with E-state index >= 15 is 0 Å². The van der Waals surface area contributed by atoms with Crippen molar-refractivity contribution < 1.29 is 9.53 Å². The zero-order chi connectivity index (χ0) is 16.2. The molecule has 0 saturated heterocycles. The van der Waals surface area contributed by atoms with Crippen molar-refractivity contribution in [2.45, 2.75) is 6.61 Å². The highest BCUT2D eigenvalue weighted by atomic mass is 35.5. The molecule has 1 aromatic heterocycles. The highest BCUT2D eigenvalue weighted by Gasteiger charge is 2.10. The maximum atomic E-state index is 12.1. The fourth-order valence-electron chi connectivity index (χ4n) is 2.04. The predicted octanol–water partition coefficient (Wildman–Crippen LogP) is 2.89. The van der Waals surface area contributed by atoms with Crippen LogP contribution in [-0.2, 0) is 18.4 Å². The molecule has 0 aliphatic carbocycles. The lowest BCUT2D eigenvalue weighted by molar-refractivity contribution is 0.0473. The molecule has 116 valence electrons. The molecule has 2 aromatic carbocycles. The molecule has 0 unspecified atom stereocenters. The number of rotatable bonds is 4. The summed E-state index contributed by atoms with van der Waals surface area (Å²) in [7, 11) is 1.75. The van der Waals surface area contributed by atoms with E-state index in [1.165, 1.54) is 0 Å². The Labute approximate surface area is 137 Å². The molecule has 0 atom stereocenters. The molecule has 1 heterocycles. The number of carbonyl (C=O) groups excluding carboxylic acids is 1. The third-order valence-corrected chi connectivity index (χ3v) is 3.53. The number of tetrazole rings is 1. The SMILES string of the molecule is Cn1nnnc1-c1ccc(C(=O)OCc2ccc(Cl)cc2)cc1. The first-order valence-electron chi connectivity index (χ1n) is 6.88. The van der Waals surface area contributed by atoms with Crippen molar-refractivity contribution in [1.82, 2.24) is 20.2 Å². The van der Waals surface area contributed by atoms with Gasteiger partial charge in [-0.3, -0.25) is 0 Å². The molecule has 23 heavy (non-hydrogen) atoms. The summed E-state index contributed by atoms with van der Waals surface area (Å²) in [4.78, 5) is 12.1. The molecule has 3 rings (SSSR count). The zero-order valence-electron chi connectivity index (χ0n) is 12.3. The number of nitrogens with zero attached hydrogens (tertiary/aromatic N) is 4. The second kappa shape index (κ2) is 6.58. The van der Waals surface area contributed by atoms with Gasteiger partial charge in [0, 0.05) is 17.6 Å². The maximum Gasteiger partial charge on any atom is 0.338 e. The van der Waals surface area contributed by atoms with Crippen LogP contribution in [0.3, 0.4) is 0 Å². The minimum atomic E-state index is -0.386. The van der Waals surface area contributed by atoms with Crippen LogP contribution >= 0.6 is 11.6 Å². The van der Waals surface area contributed by atoms with Gasteiger partial charge in [-0.05, 0) is 40.3 Å². The van der Waals surface area contributed by atoms with Crippen molar-refractivity contribution in [2.24, 2.45) is 7.05 Å². The van der Waals surface area contributed by atoms with Gasteiger partial charge in [-0.15, -0.1) is 5.10 Å². The van der Waals surface area contributed by atoms with E-state index in [0.717, 1.165) is 11.1 Å². The van der Waals surface area contributed by atoms with Gasteiger partial charge in [0.25, 0.3) is 0 Å². The van der Waals surface area contributed by atoms with Gasteiger partial charge in [0.2, 0.25) is 0 Å². The minimum Gasteiger partial charge on any atom is -0.457 e. The van der Waals surface area contributed by atoms with Gasteiger partial charge in [0.05, 0.1) is 5.56 Å². The average molecular weight is 329 g/mol. The predicted molar refractivity (Wildman–Crippen MR) is 84.8 cm³/mol. The van der Waals surface area contributed by atoms with Crippen LogP contribution in [0.15, 0.2) is 48.5 Å². The molecule has 0 amide bonds. The topological polar surface area (TPSA) is 69.9 Å². The van der Waals surface area contributed by atoms with E-state index in [0.29, 0.717) is 16.4 Å². The fraction of sp³-hybridized carbons (Fsp3) is 0.125. The van der Waals surface area contributed by atoms with E-state index in [-0.39, 0.29) is 12.6 Å². The summed E-state index contributed by atoms with van der Waals surface area (Å²) in [6.07, 6.45) is 0. The highest BCUT2D eigenvalue weighted by Crippen LogP contribution is 2.17. The normalized spacial score (nSPS) is 10.5. The number of halogens is 1. The smallest absolute Gasteiger partial charge is 0.338 e. The first kappa shape index (κ1) is 15.2. The average Bonchev–Trinajstić information content (AvgIpc) is 3.00. The van der Waals surface area contributed by atoms with Crippen LogP contribution in [0.1, 0.15) is 15.9 Å². The lowest BCUT2D eigenvalue weighted by Crippen LogP contribution is -2.05. The quantitative estimate of drug-likeness (QED) is 0.689. The summed E-state index contributed by atoms with van der Waals surface area (Å²) in [5.41, 5.74) is 2.18. The monoisotopic (exact) mass is 328 g/mol. The van der Waals surface area contributed by atoms with Crippen LogP contribution in [0.4, 0.5) is 0 Å². The summed E-state index contributed by atoms with van der Waals surface area (Å²) in [5.74, 6) is 0.244. The van der Waals surface area contributed by atoms with E-state index in [1.807, 2.05) is 12.1 Å². The maximum absolute atomic E-state index is 12.1. The van der Waals surface area contributed by atoms with Crippen LogP contribution < -0.4 is 0 Å². The molecule has 0 fully saturated rings. The first-order valence-corrected chi connectivity index (χ1v) is 7.25. The van der Waals surface area contributed by atoms with E-state index in [1.54, 1.807) is 48.1 Å². The van der Waals surface area contributed by atoms with Crippen molar-refractivity contribution in [3.63, 3.8) is 0 Å². The van der Waals surface area contributed by atoms with Crippen LogP contribution in [0, 0.1) is 0 Å². The van der Waals surface area contributed by atoms with E-state index < -0.39 is 0 Å². The standard InChI is InChI=1S/C16H13ClN4O2/c1-21-15(18-19-20-21)12-4-6-13(7-5-12)16(22)23-10-11-2-8-14(17)9-3-11/h2-9H,10H2,1H3. The molecule has 7 heteroatoms. The zero-order valence-corrected chi connectivity index (χ0v) is 13.1. The number of esters is 1. The van der Waals surface area contributed by atoms with Crippen molar-refractivity contribution in [3.05, 3.63) is 64.7 Å². The van der Waals surface area contributed by atoms with Gasteiger partial charge in [-0.1, -0.05) is 35.9 Å². The Bertz CT molecular complexity index is 813. The number of carbonyl (C=O) groups is 1.